The van der Waals surface area contributed by atoms with Crippen molar-refractivity contribution in [2.24, 2.45) is 0 Å². The number of fused-ring (bicyclic) bond motifs is 16. The van der Waals surface area contributed by atoms with Crippen LogP contribution in [-0.2, 0) is 5.41 Å². The highest BCUT2D eigenvalue weighted by molar-refractivity contribution is 9.10. The maximum Gasteiger partial charge on any atom is 0.0726 e. The molecule has 204 valence electrons. The second kappa shape index (κ2) is 8.78. The summed E-state index contributed by atoms with van der Waals surface area (Å²) in [5.41, 5.74) is 12.9. The van der Waals surface area contributed by atoms with Crippen LogP contribution in [0.2, 0.25) is 0 Å². The van der Waals surface area contributed by atoms with E-state index >= 15 is 0 Å². The van der Waals surface area contributed by atoms with E-state index in [-0.39, 0.29) is 5.41 Å². The van der Waals surface area contributed by atoms with Gasteiger partial charge in [-0.2, -0.15) is 0 Å². The normalized spacial score (nSPS) is 13.8. The number of rotatable bonds is 1. The molecular formula is C43H25Br. The van der Waals surface area contributed by atoms with Gasteiger partial charge in [-0.3, -0.25) is 0 Å². The Hall–Kier alpha value is -4.98. The molecule has 44 heavy (non-hydrogen) atoms. The molecule has 8 aromatic carbocycles. The molecule has 1 spiro atoms. The highest BCUT2D eigenvalue weighted by atomic mass is 79.9. The van der Waals surface area contributed by atoms with Gasteiger partial charge < -0.3 is 0 Å². The summed E-state index contributed by atoms with van der Waals surface area (Å²) in [6.45, 7) is 0. The third-order valence-corrected chi connectivity index (χ3v) is 10.6. The van der Waals surface area contributed by atoms with Crippen molar-refractivity contribution in [1.82, 2.24) is 0 Å². The summed E-state index contributed by atoms with van der Waals surface area (Å²) in [6, 6.07) is 56.7. The molecule has 0 radical (unpaired) electrons. The minimum atomic E-state index is -0.364. The van der Waals surface area contributed by atoms with Crippen molar-refractivity contribution in [1.29, 1.82) is 0 Å². The fraction of sp³-hybridized carbons (Fsp3) is 0.0233. The van der Waals surface area contributed by atoms with Crippen LogP contribution in [0.25, 0.3) is 65.7 Å². The molecule has 0 N–H and O–H groups in total. The van der Waals surface area contributed by atoms with E-state index in [1.165, 1.54) is 88.0 Å². The van der Waals surface area contributed by atoms with E-state index in [0.29, 0.717) is 0 Å². The number of hydrogen-bond acceptors (Lipinski definition) is 0. The van der Waals surface area contributed by atoms with Crippen LogP contribution < -0.4 is 0 Å². The molecule has 2 aliphatic carbocycles. The van der Waals surface area contributed by atoms with Gasteiger partial charge in [-0.15, -0.1) is 0 Å². The summed E-state index contributed by atoms with van der Waals surface area (Å²) in [4.78, 5) is 0. The maximum atomic E-state index is 3.83. The zero-order valence-corrected chi connectivity index (χ0v) is 25.4. The molecule has 0 bridgehead atoms. The van der Waals surface area contributed by atoms with Crippen LogP contribution in [0.3, 0.4) is 0 Å². The Labute approximate surface area is 264 Å². The maximum absolute atomic E-state index is 3.83. The van der Waals surface area contributed by atoms with Gasteiger partial charge in [0, 0.05) is 4.47 Å². The molecule has 0 heterocycles. The van der Waals surface area contributed by atoms with Gasteiger partial charge in [-0.25, -0.2) is 0 Å². The molecule has 0 saturated heterocycles. The van der Waals surface area contributed by atoms with E-state index in [9.17, 15) is 0 Å². The molecule has 0 nitrogen and oxygen atoms in total. The lowest BCUT2D eigenvalue weighted by Gasteiger charge is -2.31. The quantitative estimate of drug-likeness (QED) is 0.160. The van der Waals surface area contributed by atoms with Gasteiger partial charge >= 0.3 is 0 Å². The summed E-state index contributed by atoms with van der Waals surface area (Å²) < 4.78 is 1.11. The minimum absolute atomic E-state index is 0.364. The van der Waals surface area contributed by atoms with Gasteiger partial charge in [0.05, 0.1) is 5.41 Å². The van der Waals surface area contributed by atoms with Crippen molar-refractivity contribution < 1.29 is 0 Å². The molecule has 0 aliphatic heterocycles. The fourth-order valence-electron chi connectivity index (χ4n) is 8.38. The Morgan fingerprint density at radius 3 is 1.39 bits per heavy atom. The summed E-state index contributed by atoms with van der Waals surface area (Å²) >= 11 is 3.83. The Morgan fingerprint density at radius 2 is 0.750 bits per heavy atom. The largest absolute Gasteiger partial charge is 0.0726 e. The van der Waals surface area contributed by atoms with Crippen LogP contribution in [0, 0.1) is 0 Å². The second-order valence-electron chi connectivity index (χ2n) is 12.1. The second-order valence-corrected chi connectivity index (χ2v) is 13.1. The first-order chi connectivity index (χ1) is 21.7. The number of benzene rings is 8. The fourth-order valence-corrected chi connectivity index (χ4v) is 8.74. The Bertz CT molecular complexity index is 2440. The van der Waals surface area contributed by atoms with Crippen molar-refractivity contribution in [2.75, 3.05) is 0 Å². The van der Waals surface area contributed by atoms with E-state index in [1.807, 2.05) is 0 Å². The lowest BCUT2D eigenvalue weighted by atomic mass is 9.70. The minimum Gasteiger partial charge on any atom is -0.0619 e. The summed E-state index contributed by atoms with van der Waals surface area (Å²) in [7, 11) is 0. The SMILES string of the molecule is Brc1ccc2c(c1)C1(c3ccccc3-c3ccccc31)c1cc(-c3ccc4c5ccccc5c5ccccc5c4c3)ccc1-2. The van der Waals surface area contributed by atoms with Crippen LogP contribution >= 0.6 is 15.9 Å². The number of hydrogen-bond donors (Lipinski definition) is 0. The van der Waals surface area contributed by atoms with Crippen molar-refractivity contribution in [3.05, 3.63) is 178 Å². The molecule has 0 atom stereocenters. The third-order valence-electron chi connectivity index (χ3n) is 10.1. The molecule has 2 aliphatic rings. The Kier molecular flexibility index (Phi) is 4.88. The average Bonchev–Trinajstić information content (AvgIpc) is 3.54. The highest BCUT2D eigenvalue weighted by Crippen LogP contribution is 2.63. The van der Waals surface area contributed by atoms with Crippen LogP contribution in [0.5, 0.6) is 0 Å². The number of halogens is 1. The third kappa shape index (κ3) is 3.02. The molecule has 0 amide bonds. The van der Waals surface area contributed by atoms with Gasteiger partial charge in [0.25, 0.3) is 0 Å². The van der Waals surface area contributed by atoms with Gasteiger partial charge in [0.2, 0.25) is 0 Å². The lowest BCUT2D eigenvalue weighted by molar-refractivity contribution is 0.793. The molecule has 1 heteroatoms. The van der Waals surface area contributed by atoms with Crippen LogP contribution in [0.1, 0.15) is 22.3 Å². The predicted octanol–water partition coefficient (Wildman–Crippen LogP) is 11.9. The van der Waals surface area contributed by atoms with Gasteiger partial charge in [0.15, 0.2) is 0 Å². The Balaban J connectivity index is 1.28. The first-order valence-corrected chi connectivity index (χ1v) is 16.0. The summed E-state index contributed by atoms with van der Waals surface area (Å²) in [5.74, 6) is 0. The van der Waals surface area contributed by atoms with E-state index in [4.69, 9.17) is 0 Å². The van der Waals surface area contributed by atoms with E-state index in [2.05, 4.69) is 168 Å². The molecule has 10 rings (SSSR count). The molecule has 8 aromatic rings. The molecule has 0 aromatic heterocycles. The highest BCUT2D eigenvalue weighted by Gasteiger charge is 2.51. The van der Waals surface area contributed by atoms with E-state index in [1.54, 1.807) is 0 Å². The molecular weight excluding hydrogens is 596 g/mol. The summed E-state index contributed by atoms with van der Waals surface area (Å²) in [6.07, 6.45) is 0. The predicted molar refractivity (Wildman–Crippen MR) is 188 cm³/mol. The van der Waals surface area contributed by atoms with Gasteiger partial charge in [-0.1, -0.05) is 143 Å². The van der Waals surface area contributed by atoms with Crippen molar-refractivity contribution >= 4 is 48.2 Å². The lowest BCUT2D eigenvalue weighted by Crippen LogP contribution is -2.25. The first kappa shape index (κ1) is 24.5. The zero-order chi connectivity index (χ0) is 29.0. The van der Waals surface area contributed by atoms with Crippen molar-refractivity contribution in [2.45, 2.75) is 5.41 Å². The topological polar surface area (TPSA) is 0 Å². The van der Waals surface area contributed by atoms with Crippen molar-refractivity contribution in [3.63, 3.8) is 0 Å². The summed E-state index contributed by atoms with van der Waals surface area (Å²) in [5, 5.41) is 7.83. The average molecular weight is 622 g/mol. The van der Waals surface area contributed by atoms with Crippen LogP contribution in [-0.4, -0.2) is 0 Å². The van der Waals surface area contributed by atoms with E-state index in [0.717, 1.165) is 4.47 Å². The Morgan fingerprint density at radius 1 is 0.318 bits per heavy atom. The molecule has 0 fully saturated rings. The molecule has 0 unspecified atom stereocenters. The standard InChI is InChI=1S/C43H25Br/c44-28-19-22-37-36-21-18-27(26-17-20-33-31-11-2-1-9-29(31)30-10-3-4-12-32(30)38(33)23-26)24-41(36)43(42(37)25-28)39-15-7-5-13-34(39)35-14-6-8-16-40(35)43/h1-25H. The van der Waals surface area contributed by atoms with E-state index < -0.39 is 0 Å². The molecule has 0 saturated carbocycles. The van der Waals surface area contributed by atoms with Crippen molar-refractivity contribution in [3.8, 4) is 33.4 Å². The monoisotopic (exact) mass is 620 g/mol. The smallest absolute Gasteiger partial charge is 0.0619 e. The van der Waals surface area contributed by atoms with Crippen LogP contribution in [0.15, 0.2) is 156 Å². The van der Waals surface area contributed by atoms with Gasteiger partial charge in [0.1, 0.15) is 0 Å². The zero-order valence-electron chi connectivity index (χ0n) is 23.8. The van der Waals surface area contributed by atoms with Crippen LogP contribution in [0.4, 0.5) is 0 Å². The van der Waals surface area contributed by atoms with Gasteiger partial charge in [-0.05, 0) is 112 Å². The first-order valence-electron chi connectivity index (χ1n) is 15.2.